The van der Waals surface area contributed by atoms with Crippen molar-refractivity contribution >= 4 is 11.8 Å². The zero-order chi connectivity index (χ0) is 17.4. The molecule has 6 nitrogen and oxygen atoms in total. The molecule has 2 atom stereocenters. The minimum atomic E-state index is -0.662. The molecule has 0 spiro atoms. The van der Waals surface area contributed by atoms with Crippen LogP contribution in [0.1, 0.15) is 37.3 Å². The molecule has 2 saturated carbocycles. The highest BCUT2D eigenvalue weighted by molar-refractivity contribution is 5.86. The third-order valence-corrected chi connectivity index (χ3v) is 5.18. The molecule has 6 heteroatoms. The number of morpholine rings is 1. The van der Waals surface area contributed by atoms with Gasteiger partial charge in [0.15, 0.2) is 6.10 Å². The fourth-order valence-corrected chi connectivity index (χ4v) is 3.43. The van der Waals surface area contributed by atoms with Gasteiger partial charge in [0.1, 0.15) is 12.4 Å². The van der Waals surface area contributed by atoms with Gasteiger partial charge in [0, 0.05) is 12.6 Å². The average Bonchev–Trinajstić information content (AvgIpc) is 3.53. The lowest BCUT2D eigenvalue weighted by atomic mass is 9.96. The molecule has 0 unspecified atom stereocenters. The molecule has 1 N–H and O–H groups in total. The first-order chi connectivity index (χ1) is 12.2. The third-order valence-electron chi connectivity index (χ3n) is 5.18. The number of carbonyl (C=O) groups excluding carboxylic acids is 2. The lowest BCUT2D eigenvalue weighted by Gasteiger charge is -2.40. The van der Waals surface area contributed by atoms with E-state index < -0.39 is 6.10 Å². The molecule has 3 aliphatic rings. The molecule has 0 bridgehead atoms. The van der Waals surface area contributed by atoms with Crippen LogP contribution >= 0.6 is 0 Å². The van der Waals surface area contributed by atoms with Gasteiger partial charge < -0.3 is 19.7 Å². The highest BCUT2D eigenvalue weighted by atomic mass is 16.5. The Morgan fingerprint density at radius 3 is 2.56 bits per heavy atom. The van der Waals surface area contributed by atoms with E-state index in [-0.39, 0.29) is 30.5 Å². The lowest BCUT2D eigenvalue weighted by Crippen LogP contribution is -2.55. The van der Waals surface area contributed by atoms with E-state index >= 15 is 0 Å². The quantitative estimate of drug-likeness (QED) is 0.852. The van der Waals surface area contributed by atoms with Crippen LogP contribution in [0, 0.1) is 5.92 Å². The maximum atomic E-state index is 12.7. The lowest BCUT2D eigenvalue weighted by molar-refractivity contribution is -0.165. The normalized spacial score (nSPS) is 26.4. The Morgan fingerprint density at radius 2 is 1.96 bits per heavy atom. The van der Waals surface area contributed by atoms with Gasteiger partial charge in [-0.2, -0.15) is 0 Å². The highest BCUT2D eigenvalue weighted by Gasteiger charge is 2.47. The molecule has 4 rings (SSSR count). The van der Waals surface area contributed by atoms with Gasteiger partial charge in [-0.05, 0) is 49.3 Å². The van der Waals surface area contributed by atoms with Crippen molar-refractivity contribution in [3.63, 3.8) is 0 Å². The van der Waals surface area contributed by atoms with E-state index in [0.717, 1.165) is 24.2 Å². The van der Waals surface area contributed by atoms with Crippen LogP contribution < -0.4 is 10.1 Å². The number of nitrogens with zero attached hydrogens (tertiary/aromatic N) is 1. The van der Waals surface area contributed by atoms with Crippen molar-refractivity contribution in [3.8, 4) is 5.75 Å². The summed E-state index contributed by atoms with van der Waals surface area (Å²) in [5.74, 6) is 1.20. The summed E-state index contributed by atoms with van der Waals surface area (Å²) in [4.78, 5) is 27.1. The van der Waals surface area contributed by atoms with Crippen LogP contribution in [0.3, 0.4) is 0 Å². The predicted molar refractivity (Wildman–Crippen MR) is 91.1 cm³/mol. The summed E-state index contributed by atoms with van der Waals surface area (Å²) in [6, 6.07) is 7.41. The number of amides is 2. The van der Waals surface area contributed by atoms with E-state index in [0.29, 0.717) is 12.5 Å². The van der Waals surface area contributed by atoms with Crippen molar-refractivity contribution in [2.24, 2.45) is 5.92 Å². The summed E-state index contributed by atoms with van der Waals surface area (Å²) in [5, 5.41) is 3.00. The Bertz CT molecular complexity index is 652. The van der Waals surface area contributed by atoms with Gasteiger partial charge in [0.25, 0.3) is 5.91 Å². The molecule has 3 fully saturated rings. The first-order valence-corrected chi connectivity index (χ1v) is 9.02. The zero-order valence-corrected chi connectivity index (χ0v) is 14.4. The van der Waals surface area contributed by atoms with Crippen LogP contribution in [0.2, 0.25) is 0 Å². The fourth-order valence-electron chi connectivity index (χ4n) is 3.43. The van der Waals surface area contributed by atoms with Crippen molar-refractivity contribution in [2.75, 3.05) is 20.3 Å². The molecule has 25 heavy (non-hydrogen) atoms. The number of hydrogen-bond donors (Lipinski definition) is 1. The standard InChI is InChI=1S/C19H24N2O4/c1-24-15-8-4-13(5-9-15)17-18(19(23)20-10-12-2-3-12)25-11-16(22)21(17)14-6-7-14/h4-5,8-9,12,14,17-18H,2-3,6-7,10-11H2,1H3,(H,20,23)/t17-,18+/m1/s1. The summed E-state index contributed by atoms with van der Waals surface area (Å²) in [7, 11) is 1.62. The van der Waals surface area contributed by atoms with Crippen LogP contribution in [-0.4, -0.2) is 49.1 Å². The summed E-state index contributed by atoms with van der Waals surface area (Å²) >= 11 is 0. The smallest absolute Gasteiger partial charge is 0.251 e. The first kappa shape index (κ1) is 16.4. The van der Waals surface area contributed by atoms with Crippen LogP contribution in [0.5, 0.6) is 5.75 Å². The van der Waals surface area contributed by atoms with Crippen molar-refractivity contribution in [1.29, 1.82) is 0 Å². The van der Waals surface area contributed by atoms with Crippen LogP contribution in [0.25, 0.3) is 0 Å². The van der Waals surface area contributed by atoms with Gasteiger partial charge in [0.2, 0.25) is 5.91 Å². The minimum Gasteiger partial charge on any atom is -0.497 e. The van der Waals surface area contributed by atoms with E-state index in [2.05, 4.69) is 5.32 Å². The molecule has 0 radical (unpaired) electrons. The van der Waals surface area contributed by atoms with E-state index in [1.54, 1.807) is 7.11 Å². The molecule has 134 valence electrons. The number of benzene rings is 1. The van der Waals surface area contributed by atoms with E-state index in [9.17, 15) is 9.59 Å². The number of hydrogen-bond acceptors (Lipinski definition) is 4. The second-order valence-corrected chi connectivity index (χ2v) is 7.17. The van der Waals surface area contributed by atoms with E-state index in [1.807, 2.05) is 29.2 Å². The molecule has 1 heterocycles. The maximum absolute atomic E-state index is 12.7. The Balaban J connectivity index is 1.60. The summed E-state index contributed by atoms with van der Waals surface area (Å²) in [6.07, 6.45) is 3.69. The Labute approximate surface area is 147 Å². The molecule has 0 aromatic heterocycles. The molecule has 2 amide bonds. The van der Waals surface area contributed by atoms with Gasteiger partial charge in [-0.1, -0.05) is 12.1 Å². The molecular formula is C19H24N2O4. The average molecular weight is 344 g/mol. The van der Waals surface area contributed by atoms with Gasteiger partial charge in [0.05, 0.1) is 13.2 Å². The topological polar surface area (TPSA) is 67.9 Å². The number of carbonyl (C=O) groups is 2. The summed E-state index contributed by atoms with van der Waals surface area (Å²) < 4.78 is 10.9. The highest BCUT2D eigenvalue weighted by Crippen LogP contribution is 2.40. The monoisotopic (exact) mass is 344 g/mol. The first-order valence-electron chi connectivity index (χ1n) is 9.02. The third kappa shape index (κ3) is 3.49. The Kier molecular flexibility index (Phi) is 4.37. The summed E-state index contributed by atoms with van der Waals surface area (Å²) in [5.41, 5.74) is 0.910. The van der Waals surface area contributed by atoms with Gasteiger partial charge in [-0.15, -0.1) is 0 Å². The zero-order valence-electron chi connectivity index (χ0n) is 14.4. The predicted octanol–water partition coefficient (Wildman–Crippen LogP) is 1.65. The van der Waals surface area contributed by atoms with Gasteiger partial charge >= 0.3 is 0 Å². The number of ether oxygens (including phenoxy) is 2. The van der Waals surface area contributed by atoms with Crippen molar-refractivity contribution in [3.05, 3.63) is 29.8 Å². The SMILES string of the molecule is COc1ccc([C@@H]2[C@@H](C(=O)NCC3CC3)OCC(=O)N2C2CC2)cc1. The molecule has 1 aliphatic heterocycles. The number of methoxy groups -OCH3 is 1. The van der Waals surface area contributed by atoms with Gasteiger partial charge in [-0.25, -0.2) is 0 Å². The second kappa shape index (κ2) is 6.67. The molecular weight excluding hydrogens is 320 g/mol. The van der Waals surface area contributed by atoms with Crippen LogP contribution in [0.4, 0.5) is 0 Å². The van der Waals surface area contributed by atoms with Crippen LogP contribution in [0.15, 0.2) is 24.3 Å². The van der Waals surface area contributed by atoms with E-state index in [1.165, 1.54) is 12.8 Å². The molecule has 2 aliphatic carbocycles. The van der Waals surface area contributed by atoms with Crippen molar-refractivity contribution in [1.82, 2.24) is 10.2 Å². The van der Waals surface area contributed by atoms with Crippen LogP contribution in [-0.2, 0) is 14.3 Å². The Hall–Kier alpha value is -2.08. The van der Waals surface area contributed by atoms with Crippen molar-refractivity contribution < 1.29 is 19.1 Å². The fraction of sp³-hybridized carbons (Fsp3) is 0.579. The number of rotatable bonds is 6. The second-order valence-electron chi connectivity index (χ2n) is 7.17. The molecule has 1 saturated heterocycles. The van der Waals surface area contributed by atoms with E-state index in [4.69, 9.17) is 9.47 Å². The summed E-state index contributed by atoms with van der Waals surface area (Å²) in [6.45, 7) is 0.677. The largest absolute Gasteiger partial charge is 0.497 e. The van der Waals surface area contributed by atoms with Crippen molar-refractivity contribution in [2.45, 2.75) is 43.9 Å². The number of nitrogens with one attached hydrogen (secondary N) is 1. The molecule has 1 aromatic carbocycles. The van der Waals surface area contributed by atoms with Gasteiger partial charge in [-0.3, -0.25) is 9.59 Å². The maximum Gasteiger partial charge on any atom is 0.251 e. The Morgan fingerprint density at radius 1 is 1.24 bits per heavy atom. The molecule has 1 aromatic rings. The minimum absolute atomic E-state index is 0.0231.